The van der Waals surface area contributed by atoms with Gasteiger partial charge in [-0.05, 0) is 36.4 Å². The molecule has 2 heterocycles. The van der Waals surface area contributed by atoms with Crippen LogP contribution >= 0.6 is 47.0 Å². The van der Waals surface area contributed by atoms with Gasteiger partial charge in [0.1, 0.15) is 0 Å². The second kappa shape index (κ2) is 10.4. The molecule has 0 unspecified atom stereocenters. The number of thioether (sulfide) groups is 4. The van der Waals surface area contributed by atoms with E-state index < -0.39 is 9.85 Å². The molecule has 2 aliphatic rings. The molecule has 4 aromatic rings. The van der Waals surface area contributed by atoms with Gasteiger partial charge < -0.3 is 0 Å². The third-order valence-electron chi connectivity index (χ3n) is 5.91. The first-order chi connectivity index (χ1) is 18.5. The van der Waals surface area contributed by atoms with Crippen LogP contribution in [0.2, 0.25) is 0 Å². The van der Waals surface area contributed by atoms with Gasteiger partial charge in [0.15, 0.2) is 0 Å². The van der Waals surface area contributed by atoms with Gasteiger partial charge in [-0.3, -0.25) is 20.2 Å². The number of nitro groups is 2. The summed E-state index contributed by atoms with van der Waals surface area (Å²) in [4.78, 5) is 27.9. The lowest BCUT2D eigenvalue weighted by Gasteiger charge is -2.18. The maximum Gasteiger partial charge on any atom is 0.277 e. The first-order valence-electron chi connectivity index (χ1n) is 11.4. The molecule has 10 heteroatoms. The van der Waals surface area contributed by atoms with E-state index in [1.165, 1.54) is 59.2 Å². The molecule has 0 aromatic heterocycles. The predicted octanol–water partition coefficient (Wildman–Crippen LogP) is 9.34. The fourth-order valence-corrected chi connectivity index (χ4v) is 9.49. The average molecular weight is 573 g/mol. The molecule has 0 atom stereocenters. The van der Waals surface area contributed by atoms with Gasteiger partial charge >= 0.3 is 0 Å². The molecular weight excluding hydrogens is 557 g/mol. The number of fused-ring (bicyclic) bond motifs is 2. The number of allylic oxidation sites excluding steroid dienone is 2. The van der Waals surface area contributed by atoms with E-state index in [4.69, 9.17) is 0 Å². The summed E-state index contributed by atoms with van der Waals surface area (Å²) in [7, 11) is 0. The van der Waals surface area contributed by atoms with E-state index in [1.54, 1.807) is 36.4 Å². The van der Waals surface area contributed by atoms with Crippen molar-refractivity contribution in [3.05, 3.63) is 137 Å². The molecule has 0 aliphatic carbocycles. The molecule has 0 bridgehead atoms. The standard InChI is InChI=1S/C28H16N2O4S4/c31-29(32)19-11-3-1-9-17(19)25(27-35-21-13-5-6-14-22(21)36-27)26(18-10-2-4-12-20(18)30(33)34)28-37-23-15-7-8-16-24(23)38-28/h1-16H. The Morgan fingerprint density at radius 1 is 0.474 bits per heavy atom. The zero-order chi connectivity index (χ0) is 26.2. The van der Waals surface area contributed by atoms with Crippen LogP contribution in [0, 0.1) is 20.2 Å². The summed E-state index contributed by atoms with van der Waals surface area (Å²) in [6.07, 6.45) is 0. The molecule has 186 valence electrons. The van der Waals surface area contributed by atoms with Crippen LogP contribution in [0.5, 0.6) is 0 Å². The van der Waals surface area contributed by atoms with E-state index >= 15 is 0 Å². The largest absolute Gasteiger partial charge is 0.277 e. The van der Waals surface area contributed by atoms with E-state index in [0.29, 0.717) is 22.3 Å². The Bertz CT molecular complexity index is 1520. The maximum atomic E-state index is 12.2. The summed E-state index contributed by atoms with van der Waals surface area (Å²) in [5.74, 6) is 0. The third kappa shape index (κ3) is 4.54. The Morgan fingerprint density at radius 2 is 0.763 bits per heavy atom. The van der Waals surface area contributed by atoms with Crippen LogP contribution in [0.1, 0.15) is 11.1 Å². The zero-order valence-electron chi connectivity index (χ0n) is 19.4. The second-order valence-corrected chi connectivity index (χ2v) is 12.9. The van der Waals surface area contributed by atoms with Crippen LogP contribution in [0.4, 0.5) is 11.4 Å². The Hall–Kier alpha value is -3.44. The van der Waals surface area contributed by atoms with Gasteiger partial charge in [0.2, 0.25) is 0 Å². The summed E-state index contributed by atoms with van der Waals surface area (Å²) < 4.78 is 1.69. The highest BCUT2D eigenvalue weighted by atomic mass is 32.2. The van der Waals surface area contributed by atoms with Crippen LogP contribution < -0.4 is 0 Å². The fourth-order valence-electron chi connectivity index (χ4n) is 4.26. The molecule has 0 N–H and O–H groups in total. The van der Waals surface area contributed by atoms with Gasteiger partial charge in [-0.15, -0.1) is 0 Å². The Balaban J connectivity index is 1.70. The van der Waals surface area contributed by atoms with E-state index in [9.17, 15) is 20.2 Å². The van der Waals surface area contributed by atoms with Gasteiger partial charge in [0.05, 0.1) is 29.4 Å². The van der Waals surface area contributed by atoms with Crippen molar-refractivity contribution in [1.29, 1.82) is 0 Å². The van der Waals surface area contributed by atoms with Crippen LogP contribution in [-0.4, -0.2) is 9.85 Å². The van der Waals surface area contributed by atoms with Crippen molar-refractivity contribution in [2.75, 3.05) is 0 Å². The number of hydrogen-bond acceptors (Lipinski definition) is 8. The Labute approximate surface area is 234 Å². The average Bonchev–Trinajstić information content (AvgIpc) is 3.55. The summed E-state index contributed by atoms with van der Waals surface area (Å²) in [6, 6.07) is 29.2. The van der Waals surface area contributed by atoms with E-state index in [2.05, 4.69) is 0 Å². The van der Waals surface area contributed by atoms with Gasteiger partial charge in [0, 0.05) is 42.9 Å². The van der Waals surface area contributed by atoms with Gasteiger partial charge in [-0.25, -0.2) is 0 Å². The monoisotopic (exact) mass is 572 g/mol. The first-order valence-corrected chi connectivity index (χ1v) is 14.6. The van der Waals surface area contributed by atoms with Gasteiger partial charge in [-0.2, -0.15) is 0 Å². The Kier molecular flexibility index (Phi) is 6.79. The summed E-state index contributed by atoms with van der Waals surface area (Å²) in [6.45, 7) is 0. The van der Waals surface area contributed by atoms with Crippen LogP contribution in [0.25, 0.3) is 11.1 Å². The minimum Gasteiger partial charge on any atom is -0.258 e. The van der Waals surface area contributed by atoms with Crippen molar-refractivity contribution in [3.8, 4) is 0 Å². The van der Waals surface area contributed by atoms with Crippen LogP contribution in [-0.2, 0) is 0 Å². The van der Waals surface area contributed by atoms with Gasteiger partial charge in [-0.1, -0.05) is 95.6 Å². The second-order valence-electron chi connectivity index (χ2n) is 8.18. The molecule has 0 spiro atoms. The van der Waals surface area contributed by atoms with Crippen molar-refractivity contribution in [3.63, 3.8) is 0 Å². The predicted molar refractivity (Wildman–Crippen MR) is 156 cm³/mol. The van der Waals surface area contributed by atoms with E-state index in [1.807, 2.05) is 48.5 Å². The maximum absolute atomic E-state index is 12.2. The summed E-state index contributed by atoms with van der Waals surface area (Å²) in [5, 5.41) is 24.5. The highest BCUT2D eigenvalue weighted by Gasteiger charge is 2.34. The number of benzene rings is 4. The van der Waals surface area contributed by atoms with Crippen molar-refractivity contribution in [2.24, 2.45) is 0 Å². The van der Waals surface area contributed by atoms with Crippen LogP contribution in [0.15, 0.2) is 125 Å². The number of nitro benzene ring substituents is 2. The molecular formula is C28H16N2O4S4. The molecule has 0 amide bonds. The number of nitrogens with zero attached hydrogens (tertiary/aromatic N) is 2. The molecule has 4 aromatic carbocycles. The number of para-hydroxylation sites is 2. The fraction of sp³-hybridized carbons (Fsp3) is 0. The minimum atomic E-state index is -0.390. The highest BCUT2D eigenvalue weighted by Crippen LogP contribution is 2.61. The molecule has 0 fully saturated rings. The molecule has 0 saturated heterocycles. The summed E-state index contributed by atoms with van der Waals surface area (Å²) in [5.41, 5.74) is 2.01. The lowest BCUT2D eigenvalue weighted by atomic mass is 9.92. The first kappa shape index (κ1) is 24.9. The molecule has 0 radical (unpaired) electrons. The SMILES string of the molecule is O=[N+]([O-])c1ccccc1C(=C1Sc2ccccc2S1)C(=C1Sc2ccccc2S1)c1ccccc1[N+](=O)[O-]. The molecule has 6 rings (SSSR count). The zero-order valence-corrected chi connectivity index (χ0v) is 22.7. The van der Waals surface area contributed by atoms with Gasteiger partial charge in [0.25, 0.3) is 11.4 Å². The number of rotatable bonds is 5. The lowest BCUT2D eigenvalue weighted by Crippen LogP contribution is -2.02. The van der Waals surface area contributed by atoms with Crippen LogP contribution in [0.3, 0.4) is 0 Å². The molecule has 38 heavy (non-hydrogen) atoms. The topological polar surface area (TPSA) is 86.3 Å². The Morgan fingerprint density at radius 3 is 1.08 bits per heavy atom. The van der Waals surface area contributed by atoms with Crippen molar-refractivity contribution in [1.82, 2.24) is 0 Å². The minimum absolute atomic E-state index is 0.0469. The quantitative estimate of drug-likeness (QED) is 0.173. The van der Waals surface area contributed by atoms with Crippen molar-refractivity contribution >= 4 is 69.6 Å². The van der Waals surface area contributed by atoms with E-state index in [0.717, 1.165) is 28.1 Å². The highest BCUT2D eigenvalue weighted by molar-refractivity contribution is 8.25. The smallest absolute Gasteiger partial charge is 0.258 e. The lowest BCUT2D eigenvalue weighted by molar-refractivity contribution is -0.385. The molecule has 2 aliphatic heterocycles. The molecule has 6 nitrogen and oxygen atoms in total. The van der Waals surface area contributed by atoms with Crippen molar-refractivity contribution < 1.29 is 9.85 Å². The third-order valence-corrected chi connectivity index (χ3v) is 11.0. The normalized spacial score (nSPS) is 13.7. The molecule has 0 saturated carbocycles. The number of hydrogen-bond donors (Lipinski definition) is 0. The van der Waals surface area contributed by atoms with Crippen molar-refractivity contribution in [2.45, 2.75) is 19.6 Å². The summed E-state index contributed by atoms with van der Waals surface area (Å²) >= 11 is 6.15. The van der Waals surface area contributed by atoms with E-state index in [-0.39, 0.29) is 11.4 Å².